The predicted molar refractivity (Wildman–Crippen MR) is 137 cm³/mol. The molecule has 0 bridgehead atoms. The van der Waals surface area contributed by atoms with E-state index in [1.165, 1.54) is 49.4 Å². The average molecular weight is 459 g/mol. The lowest BCUT2D eigenvalue weighted by molar-refractivity contribution is -0.116. The second kappa shape index (κ2) is 11.5. The molecule has 33 heavy (non-hydrogen) atoms. The molecule has 3 aromatic carbocycles. The molecule has 3 aromatic rings. The van der Waals surface area contributed by atoms with Gasteiger partial charge in [0.15, 0.2) is 0 Å². The van der Waals surface area contributed by atoms with Crippen molar-refractivity contribution in [3.05, 3.63) is 90.0 Å². The maximum atomic E-state index is 13.3. The first kappa shape index (κ1) is 23.6. The number of carbonyl (C=O) groups is 1. The average Bonchev–Trinajstić information content (AvgIpc) is 2.87. The number of hydrogen-bond acceptors (Lipinski definition) is 4. The van der Waals surface area contributed by atoms with E-state index in [0.717, 1.165) is 16.1 Å². The van der Waals surface area contributed by atoms with Gasteiger partial charge in [0.1, 0.15) is 0 Å². The summed E-state index contributed by atoms with van der Waals surface area (Å²) in [5.41, 5.74) is 3.63. The number of amides is 1. The van der Waals surface area contributed by atoms with Crippen molar-refractivity contribution in [2.45, 2.75) is 49.5 Å². The minimum Gasteiger partial charge on any atom is -0.423 e. The van der Waals surface area contributed by atoms with Crippen LogP contribution in [-0.4, -0.2) is 28.8 Å². The van der Waals surface area contributed by atoms with E-state index in [1.807, 2.05) is 30.3 Å². The minimum absolute atomic E-state index is 0.0116. The third kappa shape index (κ3) is 6.50. The Hall–Kier alpha value is -2.54. The van der Waals surface area contributed by atoms with Crippen molar-refractivity contribution in [2.24, 2.45) is 0 Å². The second-order valence-electron chi connectivity index (χ2n) is 8.62. The normalized spacial score (nSPS) is 14.1. The largest absolute Gasteiger partial charge is 0.488 e. The third-order valence-electron chi connectivity index (χ3n) is 6.31. The quantitative estimate of drug-likeness (QED) is 0.378. The van der Waals surface area contributed by atoms with E-state index in [0.29, 0.717) is 23.7 Å². The summed E-state index contributed by atoms with van der Waals surface area (Å²) in [5, 5.41) is 18.8. The summed E-state index contributed by atoms with van der Waals surface area (Å²) in [5.74, 6) is 0.997. The molecule has 1 aliphatic rings. The number of hydrogen-bond donors (Lipinski definition) is 2. The molecule has 0 saturated heterocycles. The first-order chi connectivity index (χ1) is 16.1. The Morgan fingerprint density at radius 1 is 0.879 bits per heavy atom. The summed E-state index contributed by atoms with van der Waals surface area (Å²) < 4.78 is 0. The van der Waals surface area contributed by atoms with Crippen molar-refractivity contribution in [2.75, 3.05) is 10.7 Å². The Kier molecular flexibility index (Phi) is 8.27. The van der Waals surface area contributed by atoms with Gasteiger partial charge in [-0.05, 0) is 59.6 Å². The zero-order valence-electron chi connectivity index (χ0n) is 18.8. The number of carbonyl (C=O) groups excluding carboxylic acids is 1. The van der Waals surface area contributed by atoms with Gasteiger partial charge in [-0.3, -0.25) is 4.79 Å². The second-order valence-corrected chi connectivity index (χ2v) is 9.67. The van der Waals surface area contributed by atoms with E-state index in [4.69, 9.17) is 0 Å². The Morgan fingerprint density at radius 3 is 2.18 bits per heavy atom. The molecule has 2 N–H and O–H groups in total. The molecule has 170 valence electrons. The SMILES string of the molecule is O=C(CSc1ccccc1)N(Cc1ccc(C2CCCCC2)cc1)c1ccc(B(O)O)cc1. The summed E-state index contributed by atoms with van der Waals surface area (Å²) >= 11 is 1.52. The zero-order chi connectivity index (χ0) is 23.0. The van der Waals surface area contributed by atoms with Gasteiger partial charge in [0, 0.05) is 10.6 Å². The molecule has 4 nitrogen and oxygen atoms in total. The standard InChI is InChI=1S/C27H30BNO3S/c30-27(20-33-26-9-5-2-6-10-26)29(25-17-15-24(16-18-25)28(31)32)19-21-11-13-23(14-12-21)22-7-3-1-4-8-22/h2,5-6,9-18,22,31-32H,1,3-4,7-8,19-20H2. The predicted octanol–water partition coefficient (Wildman–Crippen LogP) is 4.74. The van der Waals surface area contributed by atoms with Crippen LogP contribution in [0.2, 0.25) is 0 Å². The zero-order valence-corrected chi connectivity index (χ0v) is 19.6. The van der Waals surface area contributed by atoms with E-state index in [1.54, 1.807) is 29.2 Å². The van der Waals surface area contributed by atoms with Gasteiger partial charge in [-0.15, -0.1) is 11.8 Å². The highest BCUT2D eigenvalue weighted by Gasteiger charge is 2.19. The Morgan fingerprint density at radius 2 is 1.55 bits per heavy atom. The van der Waals surface area contributed by atoms with Crippen LogP contribution in [0.3, 0.4) is 0 Å². The smallest absolute Gasteiger partial charge is 0.423 e. The summed E-state index contributed by atoms with van der Waals surface area (Å²) in [6.45, 7) is 0.472. The van der Waals surface area contributed by atoms with Crippen LogP contribution in [0.15, 0.2) is 83.8 Å². The van der Waals surface area contributed by atoms with E-state index < -0.39 is 7.12 Å². The van der Waals surface area contributed by atoms with Gasteiger partial charge in [0.25, 0.3) is 0 Å². The Balaban J connectivity index is 1.50. The lowest BCUT2D eigenvalue weighted by atomic mass is 9.80. The Labute approximate surface area is 200 Å². The van der Waals surface area contributed by atoms with Crippen molar-refractivity contribution in [1.82, 2.24) is 0 Å². The van der Waals surface area contributed by atoms with Crippen molar-refractivity contribution in [1.29, 1.82) is 0 Å². The molecule has 0 radical (unpaired) electrons. The minimum atomic E-state index is -1.52. The fourth-order valence-electron chi connectivity index (χ4n) is 4.40. The number of thioether (sulfide) groups is 1. The van der Waals surface area contributed by atoms with Gasteiger partial charge >= 0.3 is 7.12 Å². The van der Waals surface area contributed by atoms with Crippen molar-refractivity contribution in [3.63, 3.8) is 0 Å². The lowest BCUT2D eigenvalue weighted by Crippen LogP contribution is -2.33. The molecule has 0 aliphatic heterocycles. The molecule has 1 amide bonds. The maximum absolute atomic E-state index is 13.3. The first-order valence-corrected chi connectivity index (χ1v) is 12.6. The number of benzene rings is 3. The highest BCUT2D eigenvalue weighted by molar-refractivity contribution is 8.00. The molecule has 0 heterocycles. The van der Waals surface area contributed by atoms with Crippen molar-refractivity contribution in [3.8, 4) is 0 Å². The van der Waals surface area contributed by atoms with E-state index in [-0.39, 0.29) is 5.91 Å². The third-order valence-corrected chi connectivity index (χ3v) is 7.30. The number of nitrogens with zero attached hydrogens (tertiary/aromatic N) is 1. The van der Waals surface area contributed by atoms with E-state index in [2.05, 4.69) is 24.3 Å². The van der Waals surface area contributed by atoms with Gasteiger partial charge in [-0.25, -0.2) is 0 Å². The Bertz CT molecular complexity index is 1020. The van der Waals surface area contributed by atoms with Crippen LogP contribution < -0.4 is 10.4 Å². The van der Waals surface area contributed by atoms with Gasteiger partial charge in [-0.1, -0.05) is 73.9 Å². The summed E-state index contributed by atoms with van der Waals surface area (Å²) in [4.78, 5) is 16.1. The molecule has 1 saturated carbocycles. The van der Waals surface area contributed by atoms with Crippen LogP contribution in [0, 0.1) is 0 Å². The highest BCUT2D eigenvalue weighted by atomic mass is 32.2. The molecular weight excluding hydrogens is 429 g/mol. The van der Waals surface area contributed by atoms with Crippen LogP contribution in [0.25, 0.3) is 0 Å². The molecule has 1 fully saturated rings. The van der Waals surface area contributed by atoms with Gasteiger partial charge in [-0.2, -0.15) is 0 Å². The van der Waals surface area contributed by atoms with Crippen molar-refractivity contribution >= 4 is 35.9 Å². The van der Waals surface area contributed by atoms with Crippen LogP contribution in [0.1, 0.15) is 49.1 Å². The fraction of sp³-hybridized carbons (Fsp3) is 0.296. The summed E-state index contributed by atoms with van der Waals surface area (Å²) in [6, 6.07) is 25.5. The fourth-order valence-corrected chi connectivity index (χ4v) is 5.20. The highest BCUT2D eigenvalue weighted by Crippen LogP contribution is 2.33. The van der Waals surface area contributed by atoms with Gasteiger partial charge in [0.2, 0.25) is 5.91 Å². The number of anilines is 1. The number of rotatable bonds is 8. The molecule has 0 spiro atoms. The van der Waals surface area contributed by atoms with Crippen molar-refractivity contribution < 1.29 is 14.8 Å². The van der Waals surface area contributed by atoms with Gasteiger partial charge < -0.3 is 14.9 Å². The van der Waals surface area contributed by atoms with E-state index in [9.17, 15) is 14.8 Å². The maximum Gasteiger partial charge on any atom is 0.488 e. The molecule has 0 unspecified atom stereocenters. The van der Waals surface area contributed by atoms with Crippen LogP contribution in [0.5, 0.6) is 0 Å². The van der Waals surface area contributed by atoms with Crippen LogP contribution >= 0.6 is 11.8 Å². The van der Waals surface area contributed by atoms with Crippen LogP contribution in [-0.2, 0) is 11.3 Å². The van der Waals surface area contributed by atoms with E-state index >= 15 is 0 Å². The summed E-state index contributed by atoms with van der Waals surface area (Å²) in [7, 11) is -1.52. The molecule has 0 atom stereocenters. The molecule has 1 aliphatic carbocycles. The topological polar surface area (TPSA) is 60.8 Å². The molecule has 4 rings (SSSR count). The first-order valence-electron chi connectivity index (χ1n) is 11.6. The summed E-state index contributed by atoms with van der Waals surface area (Å²) in [6.07, 6.45) is 6.50. The van der Waals surface area contributed by atoms with Gasteiger partial charge in [0.05, 0.1) is 12.3 Å². The van der Waals surface area contributed by atoms with Crippen LogP contribution in [0.4, 0.5) is 5.69 Å². The molecule has 0 aromatic heterocycles. The molecular formula is C27H30BNO3S. The molecule has 6 heteroatoms. The lowest BCUT2D eigenvalue weighted by Gasteiger charge is -2.25. The monoisotopic (exact) mass is 459 g/mol.